The van der Waals surface area contributed by atoms with Gasteiger partial charge in [-0.05, 0) is 38.6 Å². The molecule has 0 unspecified atom stereocenters. The molecule has 0 aromatic carbocycles. The van der Waals surface area contributed by atoms with E-state index >= 15 is 0 Å². The first kappa shape index (κ1) is 14.8. The minimum absolute atomic E-state index is 0.183. The number of hydrogen-bond donors (Lipinski definition) is 0. The zero-order chi connectivity index (χ0) is 13.8. The summed E-state index contributed by atoms with van der Waals surface area (Å²) < 4.78 is 5.49. The number of hydrogen-bond acceptors (Lipinski definition) is 3. The Morgan fingerprint density at radius 2 is 2.16 bits per heavy atom. The maximum atomic E-state index is 12.4. The van der Waals surface area contributed by atoms with Crippen LogP contribution in [0.4, 0.5) is 0 Å². The standard InChI is InChI=1S/C15H28N2O2/c1-12(2)6-7-16(14-4-5-14)11-15(18)17-8-9-19-13(3)10-17/h12-14H,4-11H2,1-3H3/t13-/m1/s1. The zero-order valence-corrected chi connectivity index (χ0v) is 12.6. The van der Waals surface area contributed by atoms with Crippen molar-refractivity contribution in [3.05, 3.63) is 0 Å². The summed E-state index contributed by atoms with van der Waals surface area (Å²) in [6, 6.07) is 0.668. The molecule has 1 saturated heterocycles. The van der Waals surface area contributed by atoms with Crippen LogP contribution in [0.15, 0.2) is 0 Å². The normalized spacial score (nSPS) is 24.3. The highest BCUT2D eigenvalue weighted by Gasteiger charge is 2.31. The molecule has 0 aromatic rings. The maximum absolute atomic E-state index is 12.4. The molecule has 1 saturated carbocycles. The van der Waals surface area contributed by atoms with Crippen LogP contribution in [-0.2, 0) is 9.53 Å². The average molecular weight is 268 g/mol. The average Bonchev–Trinajstić information content (AvgIpc) is 3.18. The first-order valence-corrected chi connectivity index (χ1v) is 7.69. The predicted octanol–water partition coefficient (Wildman–Crippen LogP) is 1.74. The van der Waals surface area contributed by atoms with Gasteiger partial charge in [0.15, 0.2) is 0 Å². The van der Waals surface area contributed by atoms with Crippen LogP contribution in [0.1, 0.15) is 40.0 Å². The second-order valence-corrected chi connectivity index (χ2v) is 6.41. The van der Waals surface area contributed by atoms with Crippen molar-refractivity contribution in [3.63, 3.8) is 0 Å². The summed E-state index contributed by atoms with van der Waals surface area (Å²) in [5.41, 5.74) is 0. The highest BCUT2D eigenvalue weighted by molar-refractivity contribution is 5.78. The molecule has 2 fully saturated rings. The molecule has 110 valence electrons. The number of carbonyl (C=O) groups is 1. The fourth-order valence-corrected chi connectivity index (χ4v) is 2.57. The summed E-state index contributed by atoms with van der Waals surface area (Å²) in [5.74, 6) is 0.991. The monoisotopic (exact) mass is 268 g/mol. The van der Waals surface area contributed by atoms with Crippen molar-refractivity contribution in [3.8, 4) is 0 Å². The Morgan fingerprint density at radius 1 is 1.42 bits per heavy atom. The van der Waals surface area contributed by atoms with Crippen molar-refractivity contribution >= 4 is 5.91 Å². The minimum atomic E-state index is 0.183. The molecule has 2 rings (SSSR count). The third-order valence-electron chi connectivity index (χ3n) is 3.99. The number of rotatable bonds is 6. The number of amides is 1. The van der Waals surface area contributed by atoms with Crippen molar-refractivity contribution in [2.24, 2.45) is 5.92 Å². The van der Waals surface area contributed by atoms with Crippen LogP contribution in [0, 0.1) is 5.92 Å². The van der Waals surface area contributed by atoms with Gasteiger partial charge < -0.3 is 9.64 Å². The first-order valence-electron chi connectivity index (χ1n) is 7.69. The van der Waals surface area contributed by atoms with E-state index in [-0.39, 0.29) is 12.0 Å². The largest absolute Gasteiger partial charge is 0.375 e. The van der Waals surface area contributed by atoms with Crippen molar-refractivity contribution < 1.29 is 9.53 Å². The summed E-state index contributed by atoms with van der Waals surface area (Å²) in [4.78, 5) is 16.7. The Bertz CT molecular complexity index is 303. The van der Waals surface area contributed by atoms with Crippen molar-refractivity contribution in [2.45, 2.75) is 52.2 Å². The van der Waals surface area contributed by atoms with Gasteiger partial charge in [0.2, 0.25) is 5.91 Å². The lowest BCUT2D eigenvalue weighted by atomic mass is 10.1. The smallest absolute Gasteiger partial charge is 0.236 e. The number of ether oxygens (including phenoxy) is 1. The number of carbonyl (C=O) groups excluding carboxylic acids is 1. The van der Waals surface area contributed by atoms with Gasteiger partial charge in [0.25, 0.3) is 0 Å². The van der Waals surface area contributed by atoms with Crippen LogP contribution in [0.5, 0.6) is 0 Å². The van der Waals surface area contributed by atoms with Gasteiger partial charge in [0.05, 0.1) is 19.3 Å². The number of morpholine rings is 1. The maximum Gasteiger partial charge on any atom is 0.236 e. The van der Waals surface area contributed by atoms with Crippen LogP contribution >= 0.6 is 0 Å². The molecular weight excluding hydrogens is 240 g/mol. The lowest BCUT2D eigenvalue weighted by Gasteiger charge is -2.33. The molecule has 2 aliphatic rings. The number of nitrogens with zero attached hydrogens (tertiary/aromatic N) is 2. The van der Waals surface area contributed by atoms with Crippen LogP contribution in [-0.4, -0.2) is 60.6 Å². The van der Waals surface area contributed by atoms with Gasteiger partial charge in [-0.1, -0.05) is 13.8 Å². The summed E-state index contributed by atoms with van der Waals surface area (Å²) >= 11 is 0. The van der Waals surface area contributed by atoms with Crippen LogP contribution in [0.2, 0.25) is 0 Å². The lowest BCUT2D eigenvalue weighted by Crippen LogP contribution is -2.48. The quantitative estimate of drug-likeness (QED) is 0.735. The molecule has 4 nitrogen and oxygen atoms in total. The van der Waals surface area contributed by atoms with E-state index in [1.54, 1.807) is 0 Å². The molecule has 1 atom stereocenters. The second-order valence-electron chi connectivity index (χ2n) is 6.41. The molecule has 1 amide bonds. The van der Waals surface area contributed by atoms with Gasteiger partial charge in [-0.3, -0.25) is 9.69 Å². The molecule has 0 N–H and O–H groups in total. The van der Waals surface area contributed by atoms with E-state index < -0.39 is 0 Å². The van der Waals surface area contributed by atoms with Gasteiger partial charge in [-0.25, -0.2) is 0 Å². The topological polar surface area (TPSA) is 32.8 Å². The van der Waals surface area contributed by atoms with Gasteiger partial charge in [0.1, 0.15) is 0 Å². The fraction of sp³-hybridized carbons (Fsp3) is 0.933. The van der Waals surface area contributed by atoms with Gasteiger partial charge in [-0.15, -0.1) is 0 Å². The van der Waals surface area contributed by atoms with Gasteiger partial charge >= 0.3 is 0 Å². The molecule has 0 bridgehead atoms. The Morgan fingerprint density at radius 3 is 2.74 bits per heavy atom. The van der Waals surface area contributed by atoms with Crippen molar-refractivity contribution in [1.29, 1.82) is 0 Å². The summed E-state index contributed by atoms with van der Waals surface area (Å²) in [7, 11) is 0. The molecule has 19 heavy (non-hydrogen) atoms. The molecular formula is C15H28N2O2. The minimum Gasteiger partial charge on any atom is -0.375 e. The van der Waals surface area contributed by atoms with Crippen LogP contribution < -0.4 is 0 Å². The zero-order valence-electron chi connectivity index (χ0n) is 12.6. The lowest BCUT2D eigenvalue weighted by molar-refractivity contribution is -0.139. The third kappa shape index (κ3) is 4.77. The molecule has 1 aliphatic heterocycles. The highest BCUT2D eigenvalue weighted by Crippen LogP contribution is 2.27. The predicted molar refractivity (Wildman–Crippen MR) is 76.0 cm³/mol. The highest BCUT2D eigenvalue weighted by atomic mass is 16.5. The van der Waals surface area contributed by atoms with E-state index in [0.29, 0.717) is 25.1 Å². The summed E-state index contributed by atoms with van der Waals surface area (Å²) in [6.45, 7) is 10.4. The van der Waals surface area contributed by atoms with E-state index in [2.05, 4.69) is 18.7 Å². The Labute approximate surface area is 117 Å². The summed E-state index contributed by atoms with van der Waals surface area (Å²) in [5, 5.41) is 0. The van der Waals surface area contributed by atoms with Crippen LogP contribution in [0.25, 0.3) is 0 Å². The Balaban J connectivity index is 1.80. The van der Waals surface area contributed by atoms with E-state index in [1.807, 2.05) is 11.8 Å². The van der Waals surface area contributed by atoms with E-state index in [4.69, 9.17) is 4.74 Å². The SMILES string of the molecule is CC(C)CCN(CC(=O)N1CCO[C@H](C)C1)C1CC1. The molecule has 0 aromatic heterocycles. The van der Waals surface area contributed by atoms with Gasteiger partial charge in [-0.2, -0.15) is 0 Å². The molecule has 4 heteroatoms. The Kier molecular flexibility index (Phi) is 5.22. The second kappa shape index (κ2) is 6.71. The van der Waals surface area contributed by atoms with Crippen LogP contribution in [0.3, 0.4) is 0 Å². The van der Waals surface area contributed by atoms with E-state index in [1.165, 1.54) is 19.3 Å². The molecule has 1 aliphatic carbocycles. The first-order chi connectivity index (χ1) is 9.06. The van der Waals surface area contributed by atoms with Gasteiger partial charge in [0, 0.05) is 19.1 Å². The van der Waals surface area contributed by atoms with Crippen molar-refractivity contribution in [2.75, 3.05) is 32.8 Å². The molecule has 0 radical (unpaired) electrons. The van der Waals surface area contributed by atoms with E-state index in [0.717, 1.165) is 19.6 Å². The Hall–Kier alpha value is -0.610. The van der Waals surface area contributed by atoms with Crippen molar-refractivity contribution in [1.82, 2.24) is 9.80 Å². The third-order valence-corrected chi connectivity index (χ3v) is 3.99. The molecule has 0 spiro atoms. The fourth-order valence-electron chi connectivity index (χ4n) is 2.57. The van der Waals surface area contributed by atoms with E-state index in [9.17, 15) is 4.79 Å². The summed E-state index contributed by atoms with van der Waals surface area (Å²) in [6.07, 6.45) is 3.90. The molecule has 1 heterocycles.